The third kappa shape index (κ3) is 4.89. The molecule has 0 spiro atoms. The molecule has 1 heterocycles. The van der Waals surface area contributed by atoms with E-state index in [0.29, 0.717) is 42.0 Å². The van der Waals surface area contributed by atoms with E-state index in [1.54, 1.807) is 0 Å². The summed E-state index contributed by atoms with van der Waals surface area (Å²) < 4.78 is 0. The summed E-state index contributed by atoms with van der Waals surface area (Å²) in [5.41, 5.74) is 10.7. The van der Waals surface area contributed by atoms with E-state index in [1.165, 1.54) is 32.1 Å². The van der Waals surface area contributed by atoms with Crippen LogP contribution in [-0.2, 0) is 22.6 Å². The molecule has 5 unspecified atom stereocenters. The van der Waals surface area contributed by atoms with Gasteiger partial charge >= 0.3 is 0 Å². The topological polar surface area (TPSA) is 131 Å². The van der Waals surface area contributed by atoms with Gasteiger partial charge in [-0.15, -0.1) is 0 Å². The van der Waals surface area contributed by atoms with Crippen LogP contribution in [0.5, 0.6) is 5.75 Å². The summed E-state index contributed by atoms with van der Waals surface area (Å²) >= 11 is 0. The number of carbonyl (C=O) groups is 2. The van der Waals surface area contributed by atoms with Crippen molar-refractivity contribution in [2.45, 2.75) is 70.4 Å². The number of aromatic hydroxyl groups is 1. The van der Waals surface area contributed by atoms with Crippen molar-refractivity contribution < 1.29 is 24.9 Å². The van der Waals surface area contributed by atoms with Gasteiger partial charge in [-0.3, -0.25) is 19.4 Å². The van der Waals surface area contributed by atoms with Crippen molar-refractivity contribution >= 4 is 23.1 Å². The summed E-state index contributed by atoms with van der Waals surface area (Å²) in [6.07, 6.45) is 8.99. The molecule has 7 rings (SSSR count). The average Bonchev–Trinajstić information content (AvgIpc) is 3.82. The molecule has 1 aromatic carbocycles. The number of nitrogens with two attached hydrogens (primary N) is 1. The van der Waals surface area contributed by atoms with Crippen LogP contribution in [0.3, 0.4) is 0 Å². The maximum absolute atomic E-state index is 14.6. The molecule has 6 aliphatic rings. The van der Waals surface area contributed by atoms with Crippen LogP contribution >= 0.6 is 0 Å². The fourth-order valence-corrected chi connectivity index (χ4v) is 9.73. The molecule has 5 N–H and O–H groups in total. The number of carbonyl (C=O) groups excluding carboxylic acids is 2. The van der Waals surface area contributed by atoms with E-state index in [1.807, 2.05) is 38.0 Å². The van der Waals surface area contributed by atoms with Crippen molar-refractivity contribution in [3.8, 4) is 5.75 Å². The summed E-state index contributed by atoms with van der Waals surface area (Å²) in [5.74, 6) is -0.811. The number of aliphatic hydroxyl groups excluding tert-OH is 2. The molecule has 242 valence electrons. The number of likely N-dealkylation sites (N-methyl/N-ethyl adjacent to an activating group) is 1. The van der Waals surface area contributed by atoms with Crippen molar-refractivity contribution in [3.05, 3.63) is 50.8 Å². The van der Waals surface area contributed by atoms with E-state index in [4.69, 9.17) is 5.73 Å². The lowest BCUT2D eigenvalue weighted by Crippen LogP contribution is -2.53. The summed E-state index contributed by atoms with van der Waals surface area (Å²) in [6.45, 7) is 2.63. The number of piperidine rings is 1. The predicted molar refractivity (Wildman–Crippen MR) is 174 cm³/mol. The number of primary amides is 1. The first-order valence-corrected chi connectivity index (χ1v) is 16.8. The molecule has 45 heavy (non-hydrogen) atoms. The first-order valence-electron chi connectivity index (χ1n) is 16.8. The van der Waals surface area contributed by atoms with Crippen LogP contribution in [0.4, 0.5) is 5.69 Å². The van der Waals surface area contributed by atoms with Gasteiger partial charge in [-0.25, -0.2) is 0 Å². The summed E-state index contributed by atoms with van der Waals surface area (Å²) in [4.78, 5) is 33.7. The van der Waals surface area contributed by atoms with Crippen LogP contribution in [-0.4, -0.2) is 84.1 Å². The second-order valence-corrected chi connectivity index (χ2v) is 14.9. The Hall–Kier alpha value is -3.30. The van der Waals surface area contributed by atoms with Crippen molar-refractivity contribution in [2.24, 2.45) is 35.3 Å². The number of phenolic OH excluding ortho intramolecular Hbond substituents is 1. The summed E-state index contributed by atoms with van der Waals surface area (Å²) in [6, 6.07) is 1.52. The van der Waals surface area contributed by atoms with Crippen LogP contribution in [0.25, 0.3) is 5.76 Å². The molecule has 6 atom stereocenters. The van der Waals surface area contributed by atoms with E-state index in [0.717, 1.165) is 54.2 Å². The number of fused-ring (bicyclic) bond motifs is 4. The number of phenols is 1. The number of ketones is 1. The summed E-state index contributed by atoms with van der Waals surface area (Å²) in [7, 11) is 7.65. The molecule has 1 aliphatic heterocycles. The molecule has 0 aromatic heterocycles. The molecule has 0 radical (unpaired) electrons. The number of rotatable bonds is 5. The van der Waals surface area contributed by atoms with E-state index in [9.17, 15) is 24.9 Å². The molecule has 5 aliphatic carbocycles. The van der Waals surface area contributed by atoms with Crippen molar-refractivity contribution in [3.63, 3.8) is 0 Å². The molecule has 1 saturated heterocycles. The molecule has 4 fully saturated rings. The minimum Gasteiger partial charge on any atom is -0.510 e. The zero-order chi connectivity index (χ0) is 31.9. The Morgan fingerprint density at radius 1 is 1.02 bits per heavy atom. The fraction of sp³-hybridized carbons (Fsp3) is 0.611. The van der Waals surface area contributed by atoms with Gasteiger partial charge in [0.2, 0.25) is 0 Å². The van der Waals surface area contributed by atoms with Crippen LogP contribution in [0.2, 0.25) is 0 Å². The van der Waals surface area contributed by atoms with Crippen LogP contribution in [0.15, 0.2) is 34.1 Å². The Kier molecular flexibility index (Phi) is 7.55. The average molecular weight is 617 g/mol. The fourth-order valence-electron chi connectivity index (χ4n) is 9.73. The van der Waals surface area contributed by atoms with Gasteiger partial charge in [-0.2, -0.15) is 0 Å². The lowest BCUT2D eigenvalue weighted by molar-refractivity contribution is -0.123. The third-order valence-corrected chi connectivity index (χ3v) is 11.8. The minimum atomic E-state index is -0.732. The molecule has 9 heteroatoms. The van der Waals surface area contributed by atoms with Gasteiger partial charge in [0.05, 0.1) is 23.1 Å². The predicted octanol–water partition coefficient (Wildman–Crippen LogP) is 4.45. The highest BCUT2D eigenvalue weighted by Gasteiger charge is 2.55. The first-order chi connectivity index (χ1) is 21.5. The second kappa shape index (κ2) is 11.2. The number of amides is 1. The highest BCUT2D eigenvalue weighted by atomic mass is 16.3. The maximum atomic E-state index is 14.6. The SMILES string of the molecule is CN(C)c1cc(CN2CCC3CCCCC3C2)c(O)c2c1CC1CC3C(C(=O)C1=C2O)C(=C1CC1)C(C(N)=O)=C(O)[C@H]3N(C)C. The minimum absolute atomic E-state index is 0.0580. The van der Waals surface area contributed by atoms with Gasteiger partial charge in [0.1, 0.15) is 17.3 Å². The van der Waals surface area contributed by atoms with Crippen molar-refractivity contribution in [1.82, 2.24) is 9.80 Å². The molecule has 1 aromatic rings. The number of aliphatic hydroxyl groups is 2. The molecular formula is C36H48N4O5. The first kappa shape index (κ1) is 30.4. The number of nitrogens with zero attached hydrogens (tertiary/aromatic N) is 3. The highest BCUT2D eigenvalue weighted by Crippen LogP contribution is 2.56. The summed E-state index contributed by atoms with van der Waals surface area (Å²) in [5, 5.41) is 35.3. The Labute approximate surface area is 266 Å². The molecule has 3 saturated carbocycles. The van der Waals surface area contributed by atoms with E-state index in [2.05, 4.69) is 11.0 Å². The number of anilines is 1. The largest absolute Gasteiger partial charge is 0.510 e. The normalized spacial score (nSPS) is 31.4. The molecule has 1 amide bonds. The maximum Gasteiger partial charge on any atom is 0.252 e. The van der Waals surface area contributed by atoms with Gasteiger partial charge in [0.15, 0.2) is 5.78 Å². The Bertz CT molecular complexity index is 1550. The standard InChI is InChI=1S/C36H48N4O5/c1-38(2)25-15-22(17-40-12-11-18-7-5-6-8-20(18)16-40)32(41)29-23(25)13-21-14-24-28(33(42)27(21)34(29)43)26(19-9-10-19)30(36(37)45)35(44)31(24)39(3)4/h15,18,20-21,24,28,31,41,43-44H,5-14,16-17H2,1-4H3,(H2,37,45)/t18?,20?,21?,24?,28?,31-/m0/s1. The Morgan fingerprint density at radius 2 is 1.73 bits per heavy atom. The lowest BCUT2D eigenvalue weighted by atomic mass is 9.58. The number of likely N-dealkylation sites (tertiary alicyclic amines) is 1. The van der Waals surface area contributed by atoms with E-state index in [-0.39, 0.29) is 40.5 Å². The van der Waals surface area contributed by atoms with E-state index >= 15 is 0 Å². The smallest absolute Gasteiger partial charge is 0.252 e. The highest BCUT2D eigenvalue weighted by molar-refractivity contribution is 6.10. The van der Waals surface area contributed by atoms with Crippen LogP contribution < -0.4 is 10.6 Å². The van der Waals surface area contributed by atoms with Crippen molar-refractivity contribution in [2.75, 3.05) is 46.2 Å². The van der Waals surface area contributed by atoms with Gasteiger partial charge in [0.25, 0.3) is 5.91 Å². The number of allylic oxidation sites excluding steroid dienone is 2. The van der Waals surface area contributed by atoms with E-state index < -0.39 is 17.9 Å². The number of Topliss-reactive ketones (excluding diaryl/α,β-unsaturated/α-hetero) is 1. The van der Waals surface area contributed by atoms with Crippen LogP contribution in [0, 0.1) is 29.6 Å². The number of benzene rings is 1. The quantitative estimate of drug-likeness (QED) is 0.382. The number of hydrogen-bond acceptors (Lipinski definition) is 8. The second-order valence-electron chi connectivity index (χ2n) is 14.9. The van der Waals surface area contributed by atoms with Gasteiger partial charge < -0.3 is 26.0 Å². The Morgan fingerprint density at radius 3 is 2.38 bits per heavy atom. The van der Waals surface area contributed by atoms with Crippen LogP contribution in [0.1, 0.15) is 68.1 Å². The zero-order valence-electron chi connectivity index (χ0n) is 27.1. The molecule has 0 bridgehead atoms. The molecule has 9 nitrogen and oxygen atoms in total. The van der Waals surface area contributed by atoms with Gasteiger partial charge in [-0.05, 0) is 100 Å². The van der Waals surface area contributed by atoms with Gasteiger partial charge in [-0.1, -0.05) is 24.8 Å². The Balaban J connectivity index is 1.31. The third-order valence-electron chi connectivity index (χ3n) is 11.8. The zero-order valence-corrected chi connectivity index (χ0v) is 27.1. The lowest BCUT2D eigenvalue weighted by Gasteiger charge is -2.48. The molecular weight excluding hydrogens is 568 g/mol. The van der Waals surface area contributed by atoms with Gasteiger partial charge in [0, 0.05) is 44.0 Å². The van der Waals surface area contributed by atoms with Crippen molar-refractivity contribution in [1.29, 1.82) is 0 Å². The monoisotopic (exact) mass is 616 g/mol. The number of hydrogen-bond donors (Lipinski definition) is 4.